The Kier molecular flexibility index (Phi) is 5.02. The van der Waals surface area contributed by atoms with Gasteiger partial charge in [0.2, 0.25) is 0 Å². The summed E-state index contributed by atoms with van der Waals surface area (Å²) in [6.07, 6.45) is 3.48. The van der Waals surface area contributed by atoms with Crippen LogP contribution in [0.2, 0.25) is 0 Å². The number of rotatable bonds is 4. The fourth-order valence-corrected chi connectivity index (χ4v) is 3.84. The van der Waals surface area contributed by atoms with E-state index < -0.39 is 0 Å². The van der Waals surface area contributed by atoms with Crippen molar-refractivity contribution >= 4 is 17.5 Å². The van der Waals surface area contributed by atoms with Gasteiger partial charge in [-0.2, -0.15) is 5.10 Å². The first kappa shape index (κ1) is 18.8. The first-order chi connectivity index (χ1) is 13.5. The third kappa shape index (κ3) is 3.35. The van der Waals surface area contributed by atoms with Crippen molar-refractivity contribution in [2.45, 2.75) is 45.9 Å². The minimum absolute atomic E-state index is 0.151. The topological polar surface area (TPSA) is 59.8 Å². The average molecular weight is 384 g/mol. The number of likely N-dealkylation sites (N-methyl/N-ethyl adjacent to an activating group) is 1. The molecular formula is C21H28N4O3. The highest BCUT2D eigenvalue weighted by Gasteiger charge is 2.32. The lowest BCUT2D eigenvalue weighted by Crippen LogP contribution is -2.50. The molecule has 0 N–H and O–H groups in total. The molecule has 2 aliphatic rings. The number of benzene rings is 1. The predicted molar refractivity (Wildman–Crippen MR) is 109 cm³/mol. The maximum Gasteiger partial charge on any atom is 0.414 e. The molecule has 150 valence electrons. The number of hydrogen-bond donors (Lipinski definition) is 0. The van der Waals surface area contributed by atoms with Crippen LogP contribution in [0.25, 0.3) is 11.1 Å². The third-order valence-electron chi connectivity index (χ3n) is 5.38. The molecule has 0 bridgehead atoms. The summed E-state index contributed by atoms with van der Waals surface area (Å²) < 4.78 is 12.7. The number of carbonyl (C=O) groups excluding carboxylic acids is 1. The first-order valence-electron chi connectivity index (χ1n) is 9.99. The number of carbonyl (C=O) groups is 1. The van der Waals surface area contributed by atoms with Gasteiger partial charge >= 0.3 is 6.09 Å². The summed E-state index contributed by atoms with van der Waals surface area (Å²) in [7, 11) is 0. The van der Waals surface area contributed by atoms with Crippen molar-refractivity contribution in [3.63, 3.8) is 0 Å². The molecule has 0 spiro atoms. The second-order valence-electron chi connectivity index (χ2n) is 7.78. The molecule has 1 atom stereocenters. The van der Waals surface area contributed by atoms with Crippen molar-refractivity contribution in [1.29, 1.82) is 0 Å². The predicted octanol–water partition coefficient (Wildman–Crippen LogP) is 3.70. The van der Waals surface area contributed by atoms with Gasteiger partial charge in [0, 0.05) is 30.9 Å². The molecule has 28 heavy (non-hydrogen) atoms. The fraction of sp³-hybridized carbons (Fsp3) is 0.524. The maximum atomic E-state index is 12.8. The first-order valence-corrected chi connectivity index (χ1v) is 9.99. The van der Waals surface area contributed by atoms with Crippen molar-refractivity contribution in [3.8, 4) is 11.1 Å². The average Bonchev–Trinajstić information content (AvgIpc) is 3.08. The number of amides is 1. The smallest absolute Gasteiger partial charge is 0.414 e. The van der Waals surface area contributed by atoms with Crippen molar-refractivity contribution in [3.05, 3.63) is 30.6 Å². The van der Waals surface area contributed by atoms with Crippen LogP contribution in [0.15, 0.2) is 30.6 Å². The normalized spacial score (nSPS) is 19.5. The van der Waals surface area contributed by atoms with Gasteiger partial charge in [-0.05, 0) is 45.4 Å². The highest BCUT2D eigenvalue weighted by Crippen LogP contribution is 2.39. The Morgan fingerprint density at radius 1 is 1.29 bits per heavy atom. The molecule has 3 heterocycles. The van der Waals surface area contributed by atoms with Gasteiger partial charge in [-0.1, -0.05) is 6.07 Å². The molecule has 1 amide bonds. The number of ether oxygens (including phenoxy) is 2. The van der Waals surface area contributed by atoms with Gasteiger partial charge in [-0.15, -0.1) is 0 Å². The lowest BCUT2D eigenvalue weighted by Gasteiger charge is -2.41. The summed E-state index contributed by atoms with van der Waals surface area (Å²) in [5.41, 5.74) is 4.03. The van der Waals surface area contributed by atoms with Gasteiger partial charge in [0.15, 0.2) is 0 Å². The monoisotopic (exact) mass is 384 g/mol. The van der Waals surface area contributed by atoms with Crippen LogP contribution < -0.4 is 9.80 Å². The molecular weight excluding hydrogens is 356 g/mol. The van der Waals surface area contributed by atoms with Crippen LogP contribution in [0.1, 0.15) is 33.7 Å². The van der Waals surface area contributed by atoms with Crippen LogP contribution in [-0.2, 0) is 9.47 Å². The van der Waals surface area contributed by atoms with Gasteiger partial charge in [0.25, 0.3) is 0 Å². The van der Waals surface area contributed by atoms with E-state index in [0.29, 0.717) is 25.8 Å². The molecule has 7 nitrogen and oxygen atoms in total. The van der Waals surface area contributed by atoms with Crippen molar-refractivity contribution < 1.29 is 14.3 Å². The summed E-state index contributed by atoms with van der Waals surface area (Å²) in [4.78, 5) is 16.8. The summed E-state index contributed by atoms with van der Waals surface area (Å²) >= 11 is 0. The molecule has 0 radical (unpaired) electrons. The zero-order valence-corrected chi connectivity index (χ0v) is 17.0. The highest BCUT2D eigenvalue weighted by molar-refractivity contribution is 5.95. The van der Waals surface area contributed by atoms with E-state index in [0.717, 1.165) is 29.0 Å². The third-order valence-corrected chi connectivity index (χ3v) is 5.38. The van der Waals surface area contributed by atoms with Crippen molar-refractivity contribution in [1.82, 2.24) is 9.78 Å². The summed E-state index contributed by atoms with van der Waals surface area (Å²) in [6.45, 7) is 10.9. The van der Waals surface area contributed by atoms with E-state index in [-0.39, 0.29) is 18.2 Å². The number of nitrogens with zero attached hydrogens (tertiary/aromatic N) is 4. The maximum absolute atomic E-state index is 12.8. The SMILES string of the molecule is CCN1c2ccc(-c3cnn(C4COC4)c3)cc2N(C(=O)OC(C)C)C[C@@H]1C. The van der Waals surface area contributed by atoms with E-state index >= 15 is 0 Å². The van der Waals surface area contributed by atoms with Gasteiger partial charge in [-0.25, -0.2) is 4.79 Å². The fourth-order valence-electron chi connectivity index (χ4n) is 3.84. The Labute approximate surface area is 165 Å². The molecule has 1 saturated heterocycles. The van der Waals surface area contributed by atoms with E-state index in [1.165, 1.54) is 0 Å². The Balaban J connectivity index is 1.70. The molecule has 4 rings (SSSR count). The number of hydrogen-bond acceptors (Lipinski definition) is 5. The quantitative estimate of drug-likeness (QED) is 0.804. The van der Waals surface area contributed by atoms with Gasteiger partial charge in [0.05, 0.1) is 42.9 Å². The van der Waals surface area contributed by atoms with E-state index in [4.69, 9.17) is 9.47 Å². The number of fused-ring (bicyclic) bond motifs is 1. The summed E-state index contributed by atoms with van der Waals surface area (Å²) in [6, 6.07) is 6.82. The summed E-state index contributed by atoms with van der Waals surface area (Å²) in [5, 5.41) is 4.48. The molecule has 1 fully saturated rings. The van der Waals surface area contributed by atoms with Crippen LogP contribution in [0.4, 0.5) is 16.2 Å². The van der Waals surface area contributed by atoms with E-state index in [1.807, 2.05) is 24.7 Å². The zero-order chi connectivity index (χ0) is 19.8. The van der Waals surface area contributed by atoms with Crippen LogP contribution in [0, 0.1) is 0 Å². The molecule has 1 aromatic carbocycles. The standard InChI is InChI=1S/C21H28N4O3/c1-5-23-15(4)10-24(21(26)28-14(2)3)20-8-16(6-7-19(20)23)17-9-22-25(11-17)18-12-27-13-18/h6-9,11,14-15,18H,5,10,12-13H2,1-4H3/t15-/m0/s1. The van der Waals surface area contributed by atoms with Gasteiger partial charge in [-0.3, -0.25) is 9.58 Å². The number of aromatic nitrogens is 2. The van der Waals surface area contributed by atoms with Gasteiger partial charge < -0.3 is 14.4 Å². The molecule has 0 saturated carbocycles. The molecule has 2 aromatic rings. The lowest BCUT2D eigenvalue weighted by atomic mass is 10.0. The van der Waals surface area contributed by atoms with Gasteiger partial charge in [0.1, 0.15) is 0 Å². The minimum atomic E-state index is -0.293. The van der Waals surface area contributed by atoms with E-state index in [9.17, 15) is 4.79 Å². The Morgan fingerprint density at radius 2 is 2.07 bits per heavy atom. The minimum Gasteiger partial charge on any atom is -0.446 e. The second-order valence-corrected chi connectivity index (χ2v) is 7.78. The number of anilines is 2. The lowest BCUT2D eigenvalue weighted by molar-refractivity contribution is -0.0286. The van der Waals surface area contributed by atoms with Crippen molar-refractivity contribution in [2.75, 3.05) is 36.1 Å². The molecule has 7 heteroatoms. The molecule has 0 aliphatic carbocycles. The molecule has 1 aromatic heterocycles. The van der Waals surface area contributed by atoms with E-state index in [2.05, 4.69) is 48.2 Å². The molecule has 0 unspecified atom stereocenters. The molecule has 2 aliphatic heterocycles. The van der Waals surface area contributed by atoms with Crippen LogP contribution >= 0.6 is 0 Å². The Bertz CT molecular complexity index is 859. The zero-order valence-electron chi connectivity index (χ0n) is 17.0. The summed E-state index contributed by atoms with van der Waals surface area (Å²) in [5.74, 6) is 0. The Morgan fingerprint density at radius 3 is 2.71 bits per heavy atom. The van der Waals surface area contributed by atoms with Crippen LogP contribution in [0.5, 0.6) is 0 Å². The Hall–Kier alpha value is -2.54. The van der Waals surface area contributed by atoms with Crippen LogP contribution in [0.3, 0.4) is 0 Å². The second kappa shape index (κ2) is 7.47. The largest absolute Gasteiger partial charge is 0.446 e. The van der Waals surface area contributed by atoms with Crippen LogP contribution in [-0.4, -0.2) is 54.3 Å². The van der Waals surface area contributed by atoms with Crippen molar-refractivity contribution in [2.24, 2.45) is 0 Å². The van der Waals surface area contributed by atoms with E-state index in [1.54, 1.807) is 4.90 Å². The highest BCUT2D eigenvalue weighted by atomic mass is 16.6.